The van der Waals surface area contributed by atoms with Crippen LogP contribution in [0.1, 0.15) is 40.0 Å². The number of carbonyl (C=O) groups is 2. The van der Waals surface area contributed by atoms with E-state index in [0.29, 0.717) is 23.2 Å². The summed E-state index contributed by atoms with van der Waals surface area (Å²) < 4.78 is 4.97. The van der Waals surface area contributed by atoms with Gasteiger partial charge in [0.25, 0.3) is 5.91 Å². The summed E-state index contributed by atoms with van der Waals surface area (Å²) in [5.74, 6) is -0.689. The number of rotatable bonds is 6. The lowest BCUT2D eigenvalue weighted by Gasteiger charge is -2.13. The number of nitriles is 1. The molecule has 0 heterocycles. The van der Waals surface area contributed by atoms with Crippen molar-refractivity contribution >= 4 is 22.6 Å². The van der Waals surface area contributed by atoms with Crippen molar-refractivity contribution in [2.24, 2.45) is 5.73 Å². The molecule has 0 aliphatic carbocycles. The van der Waals surface area contributed by atoms with E-state index in [1.165, 1.54) is 0 Å². The van der Waals surface area contributed by atoms with Crippen LogP contribution >= 0.6 is 0 Å². The van der Waals surface area contributed by atoms with Crippen molar-refractivity contribution in [2.45, 2.75) is 19.5 Å². The summed E-state index contributed by atoms with van der Waals surface area (Å²) >= 11 is 0. The molecule has 0 fully saturated rings. The first-order valence-corrected chi connectivity index (χ1v) is 9.25. The Morgan fingerprint density at radius 2 is 1.90 bits per heavy atom. The first-order chi connectivity index (χ1) is 14.0. The molecule has 29 heavy (non-hydrogen) atoms. The van der Waals surface area contributed by atoms with E-state index >= 15 is 0 Å². The summed E-state index contributed by atoms with van der Waals surface area (Å²) in [5.41, 5.74) is 8.62. The van der Waals surface area contributed by atoms with Gasteiger partial charge in [0.2, 0.25) is 0 Å². The molecule has 0 aliphatic rings. The Balaban J connectivity index is 1.79. The molecular weight excluding hydrogens is 366 g/mol. The molecule has 0 saturated carbocycles. The number of carbonyl (C=O) groups excluding carboxylic acids is 2. The fourth-order valence-electron chi connectivity index (χ4n) is 3.04. The van der Waals surface area contributed by atoms with Gasteiger partial charge in [-0.25, -0.2) is 4.79 Å². The smallest absolute Gasteiger partial charge is 0.327 e. The number of fused-ring (bicyclic) bond motifs is 1. The number of amides is 1. The van der Waals surface area contributed by atoms with Crippen LogP contribution in [0.4, 0.5) is 0 Å². The maximum Gasteiger partial charge on any atom is 0.327 e. The van der Waals surface area contributed by atoms with Crippen LogP contribution in [-0.2, 0) is 16.1 Å². The number of nitrogens with zero attached hydrogens (tertiary/aromatic N) is 1. The van der Waals surface area contributed by atoms with Crippen molar-refractivity contribution in [3.05, 3.63) is 82.9 Å². The van der Waals surface area contributed by atoms with Gasteiger partial charge in [-0.2, -0.15) is 5.26 Å². The minimum absolute atomic E-state index is 0.206. The van der Waals surface area contributed by atoms with E-state index in [1.807, 2.05) is 18.2 Å². The van der Waals surface area contributed by atoms with Crippen LogP contribution in [0, 0.1) is 11.3 Å². The molecule has 0 radical (unpaired) electrons. The van der Waals surface area contributed by atoms with Crippen molar-refractivity contribution in [3.8, 4) is 6.07 Å². The predicted molar refractivity (Wildman–Crippen MR) is 110 cm³/mol. The maximum atomic E-state index is 12.7. The number of hydrogen-bond donors (Lipinski definition) is 2. The third-order valence-corrected chi connectivity index (χ3v) is 4.58. The molecule has 1 unspecified atom stereocenters. The van der Waals surface area contributed by atoms with Gasteiger partial charge < -0.3 is 15.8 Å². The monoisotopic (exact) mass is 387 g/mol. The van der Waals surface area contributed by atoms with Gasteiger partial charge in [0.05, 0.1) is 18.2 Å². The molecule has 6 heteroatoms. The van der Waals surface area contributed by atoms with Crippen LogP contribution in [0.5, 0.6) is 0 Å². The first-order valence-electron chi connectivity index (χ1n) is 9.25. The Bertz CT molecular complexity index is 1080. The van der Waals surface area contributed by atoms with E-state index in [-0.39, 0.29) is 12.5 Å². The second-order valence-electron chi connectivity index (χ2n) is 6.51. The number of hydrogen-bond acceptors (Lipinski definition) is 5. The van der Waals surface area contributed by atoms with Gasteiger partial charge in [-0.15, -0.1) is 0 Å². The molecule has 0 saturated heterocycles. The molecule has 1 atom stereocenters. The molecule has 0 spiro atoms. The Hall–Kier alpha value is -3.69. The van der Waals surface area contributed by atoms with Crippen molar-refractivity contribution < 1.29 is 14.3 Å². The first kappa shape index (κ1) is 20.1. The average Bonchev–Trinajstić information content (AvgIpc) is 2.76. The number of ether oxygens (including phenoxy) is 1. The number of nitrogens with one attached hydrogen (secondary N) is 1. The lowest BCUT2D eigenvalue weighted by molar-refractivity contribution is -0.144. The Labute approximate surface area is 168 Å². The molecule has 3 rings (SSSR count). The normalized spacial score (nSPS) is 11.5. The van der Waals surface area contributed by atoms with E-state index in [0.717, 1.165) is 16.3 Å². The van der Waals surface area contributed by atoms with E-state index in [4.69, 9.17) is 15.7 Å². The lowest BCUT2D eigenvalue weighted by Crippen LogP contribution is -2.24. The summed E-state index contributed by atoms with van der Waals surface area (Å²) in [6.45, 7) is 2.35. The standard InChI is InChI=1S/C23H21N3O3/c1-2-29-23(28)21(25)18-10-11-19-17(12-18)4-3-5-20(19)22(27)26-14-16-8-6-15(13-24)7-9-16/h3-12,21H,2,14,25H2,1H3,(H,26,27). The zero-order valence-electron chi connectivity index (χ0n) is 16.0. The molecule has 0 aliphatic heterocycles. The predicted octanol–water partition coefficient (Wildman–Crippen LogP) is 3.20. The van der Waals surface area contributed by atoms with Crippen molar-refractivity contribution in [3.63, 3.8) is 0 Å². The van der Waals surface area contributed by atoms with Crippen molar-refractivity contribution in [1.82, 2.24) is 5.32 Å². The van der Waals surface area contributed by atoms with E-state index in [2.05, 4.69) is 11.4 Å². The van der Waals surface area contributed by atoms with Gasteiger partial charge in [-0.1, -0.05) is 36.4 Å². The number of esters is 1. The Morgan fingerprint density at radius 3 is 2.59 bits per heavy atom. The fourth-order valence-corrected chi connectivity index (χ4v) is 3.04. The van der Waals surface area contributed by atoms with Crippen LogP contribution in [0.3, 0.4) is 0 Å². The number of nitrogens with two attached hydrogens (primary N) is 1. The molecule has 0 bridgehead atoms. The summed E-state index contributed by atoms with van der Waals surface area (Å²) in [5, 5.41) is 13.3. The highest BCUT2D eigenvalue weighted by atomic mass is 16.5. The second kappa shape index (κ2) is 9.00. The molecule has 146 valence electrons. The third kappa shape index (κ3) is 4.60. The quantitative estimate of drug-likeness (QED) is 0.632. The summed E-state index contributed by atoms with van der Waals surface area (Å²) in [6.07, 6.45) is 0. The second-order valence-corrected chi connectivity index (χ2v) is 6.51. The summed E-state index contributed by atoms with van der Waals surface area (Å²) in [4.78, 5) is 24.6. The molecule has 3 N–H and O–H groups in total. The number of benzene rings is 3. The summed E-state index contributed by atoms with van der Waals surface area (Å²) in [7, 11) is 0. The third-order valence-electron chi connectivity index (χ3n) is 4.58. The van der Waals surface area contributed by atoms with Gasteiger partial charge in [0.15, 0.2) is 0 Å². The van der Waals surface area contributed by atoms with Crippen molar-refractivity contribution in [2.75, 3.05) is 6.61 Å². The van der Waals surface area contributed by atoms with Crippen LogP contribution < -0.4 is 11.1 Å². The molecule has 3 aromatic carbocycles. The molecular formula is C23H21N3O3. The minimum atomic E-state index is -0.867. The van der Waals surface area contributed by atoms with E-state index in [9.17, 15) is 9.59 Å². The van der Waals surface area contributed by atoms with Crippen LogP contribution in [0.15, 0.2) is 60.7 Å². The van der Waals surface area contributed by atoms with Gasteiger partial charge in [0, 0.05) is 12.1 Å². The Morgan fingerprint density at radius 1 is 1.14 bits per heavy atom. The highest BCUT2D eigenvalue weighted by molar-refractivity contribution is 6.07. The maximum absolute atomic E-state index is 12.7. The Kier molecular flexibility index (Phi) is 6.22. The zero-order chi connectivity index (χ0) is 20.8. The molecule has 0 aromatic heterocycles. The van der Waals surface area contributed by atoms with Crippen LogP contribution in [-0.4, -0.2) is 18.5 Å². The van der Waals surface area contributed by atoms with Crippen LogP contribution in [0.25, 0.3) is 10.8 Å². The highest BCUT2D eigenvalue weighted by Crippen LogP contribution is 2.23. The highest BCUT2D eigenvalue weighted by Gasteiger charge is 2.18. The van der Waals surface area contributed by atoms with Gasteiger partial charge in [0.1, 0.15) is 6.04 Å². The van der Waals surface area contributed by atoms with Crippen molar-refractivity contribution in [1.29, 1.82) is 5.26 Å². The minimum Gasteiger partial charge on any atom is -0.465 e. The van der Waals surface area contributed by atoms with Gasteiger partial charge in [-0.05, 0) is 53.1 Å². The van der Waals surface area contributed by atoms with Gasteiger partial charge >= 0.3 is 5.97 Å². The average molecular weight is 387 g/mol. The molecule has 6 nitrogen and oxygen atoms in total. The molecule has 1 amide bonds. The van der Waals surface area contributed by atoms with E-state index in [1.54, 1.807) is 49.4 Å². The summed E-state index contributed by atoms with van der Waals surface area (Å²) in [6, 6.07) is 19.0. The lowest BCUT2D eigenvalue weighted by atomic mass is 9.98. The topological polar surface area (TPSA) is 105 Å². The largest absolute Gasteiger partial charge is 0.465 e. The molecule has 3 aromatic rings. The van der Waals surface area contributed by atoms with Gasteiger partial charge in [-0.3, -0.25) is 4.79 Å². The fraction of sp³-hybridized carbons (Fsp3) is 0.174. The SMILES string of the molecule is CCOC(=O)C(N)c1ccc2c(C(=O)NCc3ccc(C#N)cc3)cccc2c1. The van der Waals surface area contributed by atoms with Crippen LogP contribution in [0.2, 0.25) is 0 Å². The zero-order valence-corrected chi connectivity index (χ0v) is 16.0. The van der Waals surface area contributed by atoms with E-state index < -0.39 is 12.0 Å².